The van der Waals surface area contributed by atoms with Crippen molar-refractivity contribution in [3.63, 3.8) is 0 Å². The Balaban J connectivity index is 1.89. The molecular weight excluding hydrogens is 188 g/mol. The molecule has 0 amide bonds. The first-order chi connectivity index (χ1) is 7.43. The third-order valence-electron chi connectivity index (χ3n) is 2.94. The van der Waals surface area contributed by atoms with Crippen LogP contribution < -0.4 is 0 Å². The molecular formula is C13H26O2. The van der Waals surface area contributed by atoms with Gasteiger partial charge in [0.1, 0.15) is 0 Å². The van der Waals surface area contributed by atoms with Gasteiger partial charge in [-0.1, -0.05) is 39.0 Å². The van der Waals surface area contributed by atoms with Crippen molar-refractivity contribution >= 4 is 0 Å². The van der Waals surface area contributed by atoms with E-state index in [-0.39, 0.29) is 6.29 Å². The highest BCUT2D eigenvalue weighted by atomic mass is 16.7. The molecule has 0 aromatic rings. The van der Waals surface area contributed by atoms with Gasteiger partial charge in [-0.3, -0.25) is 0 Å². The molecule has 1 rings (SSSR count). The first-order valence-corrected chi connectivity index (χ1v) is 6.66. The van der Waals surface area contributed by atoms with Gasteiger partial charge < -0.3 is 9.47 Å². The predicted molar refractivity (Wildman–Crippen MR) is 62.9 cm³/mol. The smallest absolute Gasteiger partial charge is 0.157 e. The lowest BCUT2D eigenvalue weighted by Crippen LogP contribution is -2.15. The summed E-state index contributed by atoms with van der Waals surface area (Å²) in [6.07, 6.45) is 11.6. The standard InChI is InChI=1S/C13H26O2/c1-2-3-4-5-6-7-10-13-14-11-8-9-12-15-13/h13H,2-12H2,1H3. The van der Waals surface area contributed by atoms with Crippen molar-refractivity contribution in [3.05, 3.63) is 0 Å². The van der Waals surface area contributed by atoms with Crippen LogP contribution >= 0.6 is 0 Å². The monoisotopic (exact) mass is 214 g/mol. The van der Waals surface area contributed by atoms with E-state index in [9.17, 15) is 0 Å². The molecule has 0 radical (unpaired) electrons. The summed E-state index contributed by atoms with van der Waals surface area (Å²) in [5.74, 6) is 0. The van der Waals surface area contributed by atoms with Gasteiger partial charge in [-0.2, -0.15) is 0 Å². The Hall–Kier alpha value is -0.0800. The Morgan fingerprint density at radius 2 is 1.47 bits per heavy atom. The Labute approximate surface area is 94.3 Å². The summed E-state index contributed by atoms with van der Waals surface area (Å²) in [7, 11) is 0. The third-order valence-corrected chi connectivity index (χ3v) is 2.94. The van der Waals surface area contributed by atoms with Crippen LogP contribution in [0.2, 0.25) is 0 Å². The second-order valence-electron chi connectivity index (χ2n) is 4.43. The average Bonchev–Trinajstić information content (AvgIpc) is 2.52. The predicted octanol–water partition coefficient (Wildman–Crippen LogP) is 3.89. The van der Waals surface area contributed by atoms with Gasteiger partial charge in [-0.15, -0.1) is 0 Å². The molecule has 90 valence electrons. The van der Waals surface area contributed by atoms with Gasteiger partial charge in [0.25, 0.3) is 0 Å². The van der Waals surface area contributed by atoms with Crippen LogP contribution in [0, 0.1) is 0 Å². The fraction of sp³-hybridized carbons (Fsp3) is 1.00. The minimum Gasteiger partial charge on any atom is -0.353 e. The summed E-state index contributed by atoms with van der Waals surface area (Å²) in [6.45, 7) is 4.04. The van der Waals surface area contributed by atoms with E-state index in [1.165, 1.54) is 38.5 Å². The molecule has 1 aliphatic heterocycles. The van der Waals surface area contributed by atoms with Crippen molar-refractivity contribution in [2.24, 2.45) is 0 Å². The molecule has 0 aliphatic carbocycles. The van der Waals surface area contributed by atoms with Crippen LogP contribution in [0.25, 0.3) is 0 Å². The fourth-order valence-corrected chi connectivity index (χ4v) is 1.94. The molecule has 1 fully saturated rings. The van der Waals surface area contributed by atoms with Crippen LogP contribution in [0.3, 0.4) is 0 Å². The molecule has 0 aromatic heterocycles. The Bertz CT molecular complexity index is 128. The second-order valence-corrected chi connectivity index (χ2v) is 4.43. The number of ether oxygens (including phenoxy) is 2. The van der Waals surface area contributed by atoms with Gasteiger partial charge >= 0.3 is 0 Å². The maximum absolute atomic E-state index is 5.61. The van der Waals surface area contributed by atoms with E-state index in [0.717, 1.165) is 32.5 Å². The average molecular weight is 214 g/mol. The van der Waals surface area contributed by atoms with Crippen molar-refractivity contribution in [3.8, 4) is 0 Å². The Kier molecular flexibility index (Phi) is 7.94. The highest BCUT2D eigenvalue weighted by Crippen LogP contribution is 2.14. The van der Waals surface area contributed by atoms with Gasteiger partial charge in [0.2, 0.25) is 0 Å². The minimum atomic E-state index is 0.0960. The molecule has 1 saturated heterocycles. The molecule has 0 bridgehead atoms. The van der Waals surface area contributed by atoms with E-state index in [4.69, 9.17) is 9.47 Å². The molecule has 1 heterocycles. The van der Waals surface area contributed by atoms with E-state index < -0.39 is 0 Å². The molecule has 0 aromatic carbocycles. The number of rotatable bonds is 7. The molecule has 2 nitrogen and oxygen atoms in total. The maximum atomic E-state index is 5.61. The Morgan fingerprint density at radius 1 is 0.867 bits per heavy atom. The number of hydrogen-bond donors (Lipinski definition) is 0. The first kappa shape index (κ1) is 13.0. The molecule has 2 heteroatoms. The lowest BCUT2D eigenvalue weighted by Gasteiger charge is -2.14. The van der Waals surface area contributed by atoms with Crippen LogP contribution in [-0.2, 0) is 9.47 Å². The third kappa shape index (κ3) is 6.91. The fourth-order valence-electron chi connectivity index (χ4n) is 1.94. The topological polar surface area (TPSA) is 18.5 Å². The summed E-state index contributed by atoms with van der Waals surface area (Å²) in [5.41, 5.74) is 0. The molecule has 0 N–H and O–H groups in total. The van der Waals surface area contributed by atoms with E-state index in [1.807, 2.05) is 0 Å². The van der Waals surface area contributed by atoms with Gasteiger partial charge in [-0.25, -0.2) is 0 Å². The molecule has 15 heavy (non-hydrogen) atoms. The first-order valence-electron chi connectivity index (χ1n) is 6.66. The number of hydrogen-bond acceptors (Lipinski definition) is 2. The SMILES string of the molecule is CCCCCCCCC1OCCCCO1. The van der Waals surface area contributed by atoms with E-state index in [2.05, 4.69) is 6.92 Å². The zero-order valence-corrected chi connectivity index (χ0v) is 10.2. The van der Waals surface area contributed by atoms with Crippen LogP contribution in [0.4, 0.5) is 0 Å². The zero-order valence-electron chi connectivity index (χ0n) is 10.2. The van der Waals surface area contributed by atoms with Crippen molar-refractivity contribution in [1.82, 2.24) is 0 Å². The lowest BCUT2D eigenvalue weighted by molar-refractivity contribution is -0.130. The summed E-state index contributed by atoms with van der Waals surface area (Å²) < 4.78 is 11.2. The van der Waals surface area contributed by atoms with Gasteiger partial charge in [0.15, 0.2) is 6.29 Å². The summed E-state index contributed by atoms with van der Waals surface area (Å²) >= 11 is 0. The largest absolute Gasteiger partial charge is 0.353 e. The quantitative estimate of drug-likeness (QED) is 0.599. The molecule has 0 saturated carbocycles. The van der Waals surface area contributed by atoms with Gasteiger partial charge in [0, 0.05) is 13.2 Å². The normalized spacial score (nSPS) is 19.0. The summed E-state index contributed by atoms with van der Waals surface area (Å²) in [6, 6.07) is 0. The molecule has 0 unspecified atom stereocenters. The van der Waals surface area contributed by atoms with Crippen molar-refractivity contribution in [2.75, 3.05) is 13.2 Å². The van der Waals surface area contributed by atoms with Crippen molar-refractivity contribution in [1.29, 1.82) is 0 Å². The van der Waals surface area contributed by atoms with Crippen LogP contribution in [0.15, 0.2) is 0 Å². The second kappa shape index (κ2) is 9.17. The van der Waals surface area contributed by atoms with Crippen LogP contribution in [0.5, 0.6) is 0 Å². The van der Waals surface area contributed by atoms with E-state index in [0.29, 0.717) is 0 Å². The van der Waals surface area contributed by atoms with Crippen LogP contribution in [0.1, 0.15) is 64.7 Å². The van der Waals surface area contributed by atoms with E-state index in [1.54, 1.807) is 0 Å². The highest BCUT2D eigenvalue weighted by Gasteiger charge is 2.11. The summed E-state index contributed by atoms with van der Waals surface area (Å²) in [5, 5.41) is 0. The van der Waals surface area contributed by atoms with Gasteiger partial charge in [0.05, 0.1) is 0 Å². The van der Waals surface area contributed by atoms with Crippen molar-refractivity contribution < 1.29 is 9.47 Å². The number of unbranched alkanes of at least 4 members (excludes halogenated alkanes) is 5. The minimum absolute atomic E-state index is 0.0960. The lowest BCUT2D eigenvalue weighted by atomic mass is 10.1. The van der Waals surface area contributed by atoms with Gasteiger partial charge in [-0.05, 0) is 25.7 Å². The molecule has 0 spiro atoms. The zero-order chi connectivity index (χ0) is 10.8. The van der Waals surface area contributed by atoms with Crippen molar-refractivity contribution in [2.45, 2.75) is 71.0 Å². The van der Waals surface area contributed by atoms with Crippen LogP contribution in [-0.4, -0.2) is 19.5 Å². The highest BCUT2D eigenvalue weighted by molar-refractivity contribution is 4.53. The molecule has 0 atom stereocenters. The Morgan fingerprint density at radius 3 is 2.13 bits per heavy atom. The summed E-state index contributed by atoms with van der Waals surface area (Å²) in [4.78, 5) is 0. The molecule has 1 aliphatic rings. The van der Waals surface area contributed by atoms with E-state index >= 15 is 0 Å². The maximum Gasteiger partial charge on any atom is 0.157 e.